The summed E-state index contributed by atoms with van der Waals surface area (Å²) in [5.74, 6) is 0.386. The van der Waals surface area contributed by atoms with E-state index in [9.17, 15) is 9.59 Å². The smallest absolute Gasteiger partial charge is 0.310 e. The molecule has 0 aliphatic carbocycles. The molecule has 2 heterocycles. The zero-order valence-electron chi connectivity index (χ0n) is 10.8. The topological polar surface area (TPSA) is 64.0 Å². The van der Waals surface area contributed by atoms with Gasteiger partial charge in [-0.25, -0.2) is 4.79 Å². The number of carbonyl (C=O) groups is 1. The minimum atomic E-state index is -0.387. The van der Waals surface area contributed by atoms with Crippen LogP contribution in [0.2, 0.25) is 0 Å². The van der Waals surface area contributed by atoms with E-state index in [2.05, 4.69) is 16.4 Å². The monoisotopic (exact) mass is 265 g/mol. The maximum atomic E-state index is 12.1. The van der Waals surface area contributed by atoms with Gasteiger partial charge in [-0.2, -0.15) is 4.98 Å². The molecule has 1 N–H and O–H groups in total. The highest BCUT2D eigenvalue weighted by atomic mass is 16.2. The van der Waals surface area contributed by atoms with Crippen LogP contribution < -0.4 is 11.0 Å². The molecular formula is C15H11N3O2. The highest BCUT2D eigenvalue weighted by Crippen LogP contribution is 2.32. The first-order valence-corrected chi connectivity index (χ1v) is 6.38. The second-order valence-electron chi connectivity index (χ2n) is 5.02. The number of fused-ring (bicyclic) bond motifs is 5. The van der Waals surface area contributed by atoms with E-state index >= 15 is 0 Å². The van der Waals surface area contributed by atoms with Crippen molar-refractivity contribution in [2.45, 2.75) is 13.5 Å². The number of anilines is 1. The third kappa shape index (κ3) is 1.34. The quantitative estimate of drug-likeness (QED) is 0.630. The number of hydrogen-bond donors (Lipinski definition) is 1. The Morgan fingerprint density at radius 1 is 1.25 bits per heavy atom. The van der Waals surface area contributed by atoms with Crippen LogP contribution in [0.5, 0.6) is 0 Å². The van der Waals surface area contributed by atoms with Crippen LogP contribution in [0.4, 0.5) is 5.82 Å². The van der Waals surface area contributed by atoms with Crippen LogP contribution in [0.25, 0.3) is 21.7 Å². The molecule has 1 aliphatic heterocycles. The van der Waals surface area contributed by atoms with Gasteiger partial charge in [-0.15, -0.1) is 0 Å². The van der Waals surface area contributed by atoms with E-state index in [1.807, 2.05) is 31.2 Å². The maximum absolute atomic E-state index is 12.1. The molecule has 1 aliphatic rings. The second-order valence-corrected chi connectivity index (χ2v) is 5.02. The summed E-state index contributed by atoms with van der Waals surface area (Å²) in [7, 11) is 0. The zero-order chi connectivity index (χ0) is 13.9. The largest absolute Gasteiger partial charge is 0.350 e. The van der Waals surface area contributed by atoms with Crippen molar-refractivity contribution < 1.29 is 4.79 Å². The molecule has 4 rings (SSSR count). The van der Waals surface area contributed by atoms with Gasteiger partial charge in [-0.3, -0.25) is 9.36 Å². The summed E-state index contributed by atoms with van der Waals surface area (Å²) < 4.78 is 1.40. The van der Waals surface area contributed by atoms with Gasteiger partial charge in [0, 0.05) is 10.8 Å². The number of aryl methyl sites for hydroxylation is 1. The van der Waals surface area contributed by atoms with Crippen LogP contribution in [0.3, 0.4) is 0 Å². The molecule has 20 heavy (non-hydrogen) atoms. The Morgan fingerprint density at radius 3 is 2.90 bits per heavy atom. The van der Waals surface area contributed by atoms with Gasteiger partial charge in [0.05, 0.1) is 5.52 Å². The van der Waals surface area contributed by atoms with Crippen LogP contribution in [0.1, 0.15) is 5.56 Å². The Bertz CT molecular complexity index is 957. The van der Waals surface area contributed by atoms with Crippen molar-refractivity contribution in [3.8, 4) is 0 Å². The summed E-state index contributed by atoms with van der Waals surface area (Å²) in [5.41, 5.74) is 1.26. The fraction of sp³-hybridized carbons (Fsp3) is 0.133. The highest BCUT2D eigenvalue weighted by Gasteiger charge is 2.23. The summed E-state index contributed by atoms with van der Waals surface area (Å²) in [5, 5.41) is 5.58. The Morgan fingerprint density at radius 2 is 2.05 bits per heavy atom. The van der Waals surface area contributed by atoms with Gasteiger partial charge in [0.25, 0.3) is 0 Å². The third-order valence-corrected chi connectivity index (χ3v) is 3.72. The average Bonchev–Trinajstić information content (AvgIpc) is 2.81. The first kappa shape index (κ1) is 11.2. The van der Waals surface area contributed by atoms with Crippen molar-refractivity contribution in [1.29, 1.82) is 0 Å². The van der Waals surface area contributed by atoms with Crippen molar-refractivity contribution in [2.24, 2.45) is 0 Å². The molecule has 0 saturated heterocycles. The molecule has 3 aromatic rings. The van der Waals surface area contributed by atoms with E-state index < -0.39 is 0 Å². The molecule has 1 amide bonds. The predicted octanol–water partition coefficient (Wildman–Crippen LogP) is 1.81. The molecule has 0 radical (unpaired) electrons. The van der Waals surface area contributed by atoms with Crippen LogP contribution in [0, 0.1) is 6.92 Å². The molecule has 0 saturated carbocycles. The number of aromatic nitrogens is 2. The van der Waals surface area contributed by atoms with Crippen LogP contribution in [0.15, 0.2) is 35.1 Å². The van der Waals surface area contributed by atoms with Gasteiger partial charge < -0.3 is 5.32 Å². The van der Waals surface area contributed by atoms with Crippen molar-refractivity contribution in [2.75, 3.05) is 5.32 Å². The molecule has 5 nitrogen and oxygen atoms in total. The normalized spacial score (nSPS) is 13.8. The van der Waals surface area contributed by atoms with E-state index in [-0.39, 0.29) is 18.1 Å². The Hall–Kier alpha value is -2.69. The molecule has 1 aromatic heterocycles. The average molecular weight is 265 g/mol. The number of hydrogen-bond acceptors (Lipinski definition) is 3. The summed E-state index contributed by atoms with van der Waals surface area (Å²) >= 11 is 0. The van der Waals surface area contributed by atoms with Gasteiger partial charge >= 0.3 is 5.69 Å². The number of carbonyl (C=O) groups excluding carboxylic acids is 1. The SMILES string of the molecule is Cc1cc2ccccc2c2nc(=O)n3c(c12)NC(=O)C3. The van der Waals surface area contributed by atoms with E-state index in [4.69, 9.17) is 0 Å². The fourth-order valence-corrected chi connectivity index (χ4v) is 2.86. The lowest BCUT2D eigenvalue weighted by atomic mass is 10.0. The van der Waals surface area contributed by atoms with Crippen molar-refractivity contribution in [1.82, 2.24) is 9.55 Å². The number of nitrogens with zero attached hydrogens (tertiary/aromatic N) is 2. The van der Waals surface area contributed by atoms with Gasteiger partial charge in [-0.1, -0.05) is 30.3 Å². The summed E-state index contributed by atoms with van der Waals surface area (Å²) in [6, 6.07) is 9.86. The third-order valence-electron chi connectivity index (χ3n) is 3.72. The minimum Gasteiger partial charge on any atom is -0.310 e. The zero-order valence-corrected chi connectivity index (χ0v) is 10.8. The summed E-state index contributed by atoms with van der Waals surface area (Å²) in [6.45, 7) is 2.01. The van der Waals surface area contributed by atoms with Crippen LogP contribution in [-0.2, 0) is 11.3 Å². The van der Waals surface area contributed by atoms with Gasteiger partial charge in [0.15, 0.2) is 0 Å². The van der Waals surface area contributed by atoms with Gasteiger partial charge in [0.1, 0.15) is 12.4 Å². The number of nitrogens with one attached hydrogen (secondary N) is 1. The van der Waals surface area contributed by atoms with Gasteiger partial charge in [0.2, 0.25) is 5.91 Å². The standard InChI is InChI=1S/C15H11N3O2/c1-8-6-9-4-2-3-5-10(9)13-12(8)14-16-11(19)7-18(14)15(20)17-13/h2-6H,7H2,1H3,(H,16,19). The fourth-order valence-electron chi connectivity index (χ4n) is 2.86. The Kier molecular flexibility index (Phi) is 2.04. The van der Waals surface area contributed by atoms with E-state index in [0.717, 1.165) is 21.7 Å². The van der Waals surface area contributed by atoms with Crippen molar-refractivity contribution >= 4 is 33.4 Å². The van der Waals surface area contributed by atoms with E-state index in [0.29, 0.717) is 11.3 Å². The molecule has 2 aromatic carbocycles. The lowest BCUT2D eigenvalue weighted by Gasteiger charge is -2.10. The molecule has 0 atom stereocenters. The maximum Gasteiger partial charge on any atom is 0.350 e. The lowest BCUT2D eigenvalue weighted by molar-refractivity contribution is -0.115. The Labute approximate surface area is 113 Å². The van der Waals surface area contributed by atoms with Crippen molar-refractivity contribution in [3.05, 3.63) is 46.4 Å². The number of benzene rings is 2. The van der Waals surface area contributed by atoms with Crippen LogP contribution >= 0.6 is 0 Å². The number of rotatable bonds is 0. The van der Waals surface area contributed by atoms with Gasteiger partial charge in [-0.05, 0) is 17.9 Å². The molecular weight excluding hydrogens is 254 g/mol. The minimum absolute atomic E-state index is 0.0450. The molecule has 0 fully saturated rings. The van der Waals surface area contributed by atoms with E-state index in [1.165, 1.54) is 4.57 Å². The molecule has 98 valence electrons. The first-order chi connectivity index (χ1) is 9.65. The second kappa shape index (κ2) is 3.66. The van der Waals surface area contributed by atoms with Crippen molar-refractivity contribution in [3.63, 3.8) is 0 Å². The van der Waals surface area contributed by atoms with Crippen LogP contribution in [-0.4, -0.2) is 15.5 Å². The highest BCUT2D eigenvalue weighted by molar-refractivity contribution is 6.13. The molecule has 0 unspecified atom stereocenters. The molecule has 0 bridgehead atoms. The Balaban J connectivity index is 2.29. The lowest BCUT2D eigenvalue weighted by Crippen LogP contribution is -2.21. The predicted molar refractivity (Wildman–Crippen MR) is 76.9 cm³/mol. The number of amides is 1. The van der Waals surface area contributed by atoms with E-state index in [1.54, 1.807) is 0 Å². The molecule has 0 spiro atoms. The molecule has 5 heteroatoms. The summed E-state index contributed by atoms with van der Waals surface area (Å²) in [4.78, 5) is 27.8. The first-order valence-electron chi connectivity index (χ1n) is 6.38. The summed E-state index contributed by atoms with van der Waals surface area (Å²) in [6.07, 6.45) is 0.